The molecule has 0 aromatic heterocycles. The molecule has 1 aliphatic heterocycles. The Morgan fingerprint density at radius 3 is 1.92 bits per heavy atom. The molecule has 0 amide bonds. The highest BCUT2D eigenvalue weighted by atomic mass is 19.1. The molecule has 0 radical (unpaired) electrons. The van der Waals surface area contributed by atoms with E-state index in [0.29, 0.717) is 6.42 Å². The van der Waals surface area contributed by atoms with Crippen LogP contribution < -0.4 is 0 Å². The van der Waals surface area contributed by atoms with E-state index < -0.39 is 0 Å². The average molecular weight is 363 g/mol. The predicted molar refractivity (Wildman–Crippen MR) is 105 cm³/mol. The lowest BCUT2D eigenvalue weighted by Crippen LogP contribution is -2.46. The monoisotopic (exact) mass is 362 g/mol. The second-order valence-corrected chi connectivity index (χ2v) is 7.74. The Morgan fingerprint density at radius 2 is 1.38 bits per heavy atom. The van der Waals surface area contributed by atoms with E-state index in [1.54, 1.807) is 12.1 Å². The number of cyclic esters (lactones) is 1. The van der Waals surface area contributed by atoms with Crippen molar-refractivity contribution in [2.45, 2.75) is 96.5 Å². The van der Waals surface area contributed by atoms with Crippen molar-refractivity contribution < 1.29 is 13.9 Å². The minimum atomic E-state index is -0.234. The first kappa shape index (κ1) is 20.9. The van der Waals surface area contributed by atoms with E-state index in [9.17, 15) is 9.18 Å². The van der Waals surface area contributed by atoms with Gasteiger partial charge in [0.2, 0.25) is 0 Å². The number of carbonyl (C=O) groups is 1. The summed E-state index contributed by atoms with van der Waals surface area (Å²) in [5, 5.41) is 0. The van der Waals surface area contributed by atoms with Crippen LogP contribution in [0.4, 0.5) is 4.39 Å². The molecule has 1 fully saturated rings. The van der Waals surface area contributed by atoms with Gasteiger partial charge in [-0.05, 0) is 37.0 Å². The summed E-state index contributed by atoms with van der Waals surface area (Å²) in [4.78, 5) is 11.7. The maximum absolute atomic E-state index is 13.0. The molecule has 0 spiro atoms. The van der Waals surface area contributed by atoms with Crippen LogP contribution in [0.15, 0.2) is 24.3 Å². The normalized spacial score (nSPS) is 19.2. The molecule has 1 aliphatic rings. The van der Waals surface area contributed by atoms with Crippen molar-refractivity contribution in [3.8, 4) is 0 Å². The number of unbranched alkanes of at least 4 members (excludes halogenated alkanes) is 10. The molecule has 1 aromatic rings. The second-order valence-electron chi connectivity index (χ2n) is 7.74. The third-order valence-corrected chi connectivity index (χ3v) is 5.48. The van der Waals surface area contributed by atoms with Gasteiger partial charge in [-0.15, -0.1) is 0 Å². The molecule has 1 heterocycles. The largest absolute Gasteiger partial charge is 0.461 e. The molecule has 26 heavy (non-hydrogen) atoms. The van der Waals surface area contributed by atoms with Crippen molar-refractivity contribution in [1.29, 1.82) is 0 Å². The Bertz CT molecular complexity index is 511. The number of hydrogen-bond donors (Lipinski definition) is 0. The summed E-state index contributed by atoms with van der Waals surface area (Å²) < 4.78 is 18.3. The van der Waals surface area contributed by atoms with E-state index in [4.69, 9.17) is 4.74 Å². The summed E-state index contributed by atoms with van der Waals surface area (Å²) in [7, 11) is 0. The van der Waals surface area contributed by atoms with E-state index in [-0.39, 0.29) is 23.8 Å². The number of rotatable bonds is 14. The topological polar surface area (TPSA) is 26.3 Å². The van der Waals surface area contributed by atoms with Gasteiger partial charge >= 0.3 is 5.97 Å². The molecule has 146 valence electrons. The van der Waals surface area contributed by atoms with Crippen molar-refractivity contribution in [3.63, 3.8) is 0 Å². The van der Waals surface area contributed by atoms with E-state index in [2.05, 4.69) is 6.92 Å². The maximum atomic E-state index is 13.0. The Balaban J connectivity index is 1.49. The Labute approximate surface area is 158 Å². The molecular formula is C23H35FO2. The lowest BCUT2D eigenvalue weighted by atomic mass is 9.86. The van der Waals surface area contributed by atoms with Crippen molar-refractivity contribution in [2.75, 3.05) is 0 Å². The molecule has 2 nitrogen and oxygen atoms in total. The van der Waals surface area contributed by atoms with Gasteiger partial charge in [-0.2, -0.15) is 0 Å². The zero-order valence-electron chi connectivity index (χ0n) is 16.4. The number of ether oxygens (including phenoxy) is 1. The highest BCUT2D eigenvalue weighted by molar-refractivity contribution is 5.78. The maximum Gasteiger partial charge on any atom is 0.313 e. The van der Waals surface area contributed by atoms with Crippen LogP contribution in [0.2, 0.25) is 0 Å². The van der Waals surface area contributed by atoms with E-state index in [0.717, 1.165) is 18.4 Å². The standard InChI is InChI=1S/C23H35FO2/c1-2-3-4-5-6-7-8-9-10-11-12-13-22-21(23(25)26-22)18-19-14-16-20(24)17-15-19/h14-17,21-22H,2-13,18H2,1H3/t21-,22-/m0/s1. The summed E-state index contributed by atoms with van der Waals surface area (Å²) in [6, 6.07) is 6.44. The van der Waals surface area contributed by atoms with Crippen LogP contribution in [-0.4, -0.2) is 12.1 Å². The zero-order valence-corrected chi connectivity index (χ0v) is 16.4. The lowest BCUT2D eigenvalue weighted by molar-refractivity contribution is -0.185. The van der Waals surface area contributed by atoms with Crippen LogP contribution in [0.3, 0.4) is 0 Å². The van der Waals surface area contributed by atoms with Crippen molar-refractivity contribution >= 4 is 5.97 Å². The van der Waals surface area contributed by atoms with Gasteiger partial charge in [-0.25, -0.2) is 4.39 Å². The van der Waals surface area contributed by atoms with Gasteiger partial charge in [0.15, 0.2) is 0 Å². The molecule has 0 unspecified atom stereocenters. The van der Waals surface area contributed by atoms with Gasteiger partial charge in [0.1, 0.15) is 11.9 Å². The van der Waals surface area contributed by atoms with Crippen LogP contribution in [0, 0.1) is 11.7 Å². The zero-order chi connectivity index (χ0) is 18.6. The summed E-state index contributed by atoms with van der Waals surface area (Å²) in [5.74, 6) is -0.367. The van der Waals surface area contributed by atoms with E-state index in [1.165, 1.54) is 76.3 Å². The SMILES string of the molecule is CCCCCCCCCCCCC[C@@H]1OC(=O)[C@H]1Cc1ccc(F)cc1. The highest BCUT2D eigenvalue weighted by Crippen LogP contribution is 2.30. The average Bonchev–Trinajstić information content (AvgIpc) is 2.64. The number of benzene rings is 1. The van der Waals surface area contributed by atoms with Crippen LogP contribution in [0.25, 0.3) is 0 Å². The van der Waals surface area contributed by atoms with Gasteiger partial charge in [-0.3, -0.25) is 4.79 Å². The molecule has 3 heteroatoms. The molecule has 1 saturated heterocycles. The predicted octanol–water partition coefficient (Wildman–Crippen LogP) is 6.61. The molecule has 0 bridgehead atoms. The van der Waals surface area contributed by atoms with Crippen LogP contribution in [0.1, 0.15) is 89.5 Å². The van der Waals surface area contributed by atoms with Crippen molar-refractivity contribution in [2.24, 2.45) is 5.92 Å². The number of carbonyl (C=O) groups excluding carboxylic acids is 1. The minimum absolute atomic E-state index is 0.0384. The number of halogens is 1. The first-order valence-corrected chi connectivity index (χ1v) is 10.7. The van der Waals surface area contributed by atoms with E-state index >= 15 is 0 Å². The number of esters is 1. The van der Waals surface area contributed by atoms with Gasteiger partial charge < -0.3 is 4.74 Å². The fraction of sp³-hybridized carbons (Fsp3) is 0.696. The smallest absolute Gasteiger partial charge is 0.313 e. The van der Waals surface area contributed by atoms with Gasteiger partial charge in [0, 0.05) is 0 Å². The Hall–Kier alpha value is -1.38. The lowest BCUT2D eigenvalue weighted by Gasteiger charge is -2.35. The fourth-order valence-corrected chi connectivity index (χ4v) is 3.76. The Morgan fingerprint density at radius 1 is 0.846 bits per heavy atom. The minimum Gasteiger partial charge on any atom is -0.461 e. The van der Waals surface area contributed by atoms with Crippen LogP contribution >= 0.6 is 0 Å². The van der Waals surface area contributed by atoms with Gasteiger partial charge in [0.25, 0.3) is 0 Å². The summed E-state index contributed by atoms with van der Waals surface area (Å²) in [6.07, 6.45) is 16.3. The molecule has 1 aromatic carbocycles. The highest BCUT2D eigenvalue weighted by Gasteiger charge is 2.41. The fourth-order valence-electron chi connectivity index (χ4n) is 3.76. The summed E-state index contributed by atoms with van der Waals surface area (Å²) >= 11 is 0. The van der Waals surface area contributed by atoms with Crippen molar-refractivity contribution in [3.05, 3.63) is 35.6 Å². The van der Waals surface area contributed by atoms with Crippen LogP contribution in [0.5, 0.6) is 0 Å². The quantitative estimate of drug-likeness (QED) is 0.275. The van der Waals surface area contributed by atoms with Gasteiger partial charge in [0.05, 0.1) is 5.92 Å². The van der Waals surface area contributed by atoms with E-state index in [1.807, 2.05) is 0 Å². The third kappa shape index (κ3) is 7.47. The first-order chi connectivity index (χ1) is 12.7. The summed E-state index contributed by atoms with van der Waals surface area (Å²) in [6.45, 7) is 2.26. The number of hydrogen-bond acceptors (Lipinski definition) is 2. The third-order valence-electron chi connectivity index (χ3n) is 5.48. The van der Waals surface area contributed by atoms with Crippen LogP contribution in [-0.2, 0) is 16.0 Å². The first-order valence-electron chi connectivity index (χ1n) is 10.7. The molecule has 2 atom stereocenters. The second kappa shape index (κ2) is 12.1. The summed E-state index contributed by atoms with van der Waals surface area (Å²) in [5.41, 5.74) is 1.01. The van der Waals surface area contributed by atoms with Crippen molar-refractivity contribution in [1.82, 2.24) is 0 Å². The molecule has 2 rings (SSSR count). The van der Waals surface area contributed by atoms with Gasteiger partial charge in [-0.1, -0.05) is 83.3 Å². The molecule has 0 saturated carbocycles. The molecular weight excluding hydrogens is 327 g/mol. The molecule has 0 N–H and O–H groups in total. The Kier molecular flexibility index (Phi) is 9.73. The molecule has 0 aliphatic carbocycles.